The zero-order valence-corrected chi connectivity index (χ0v) is 10.7. The van der Waals surface area contributed by atoms with E-state index in [1.165, 1.54) is 45.1 Å². The Labute approximate surface area is 95.0 Å². The Bertz CT molecular complexity index is 211. The molecule has 3 atom stereocenters. The molecule has 2 fully saturated rings. The first-order valence-corrected chi connectivity index (χ1v) is 6.81. The molecule has 0 bridgehead atoms. The average Bonchev–Trinajstić information content (AvgIpc) is 2.77. The van der Waals surface area contributed by atoms with E-state index in [1.54, 1.807) is 0 Å². The summed E-state index contributed by atoms with van der Waals surface area (Å²) in [5.74, 6) is 2.95. The SMILES string of the molecule is CNCC1CC12CCCC(CC(C)C)C2. The average molecular weight is 209 g/mol. The van der Waals surface area contributed by atoms with Crippen molar-refractivity contribution < 1.29 is 0 Å². The molecule has 2 rings (SSSR count). The van der Waals surface area contributed by atoms with Crippen LogP contribution in [0.1, 0.15) is 52.4 Å². The highest BCUT2D eigenvalue weighted by atomic mass is 14.8. The zero-order valence-electron chi connectivity index (χ0n) is 10.7. The van der Waals surface area contributed by atoms with Crippen LogP contribution in [0.2, 0.25) is 0 Å². The molecule has 2 saturated carbocycles. The Balaban J connectivity index is 1.83. The molecule has 1 spiro atoms. The molecule has 88 valence electrons. The molecule has 0 heterocycles. The molecule has 1 nitrogen and oxygen atoms in total. The Hall–Kier alpha value is -0.0400. The quantitative estimate of drug-likeness (QED) is 0.748. The van der Waals surface area contributed by atoms with Crippen LogP contribution < -0.4 is 5.32 Å². The van der Waals surface area contributed by atoms with Gasteiger partial charge in [0.1, 0.15) is 0 Å². The van der Waals surface area contributed by atoms with E-state index in [4.69, 9.17) is 0 Å². The van der Waals surface area contributed by atoms with Crippen molar-refractivity contribution in [2.24, 2.45) is 23.2 Å². The number of hydrogen-bond acceptors (Lipinski definition) is 1. The lowest BCUT2D eigenvalue weighted by Gasteiger charge is -2.31. The summed E-state index contributed by atoms with van der Waals surface area (Å²) in [6, 6.07) is 0. The van der Waals surface area contributed by atoms with Crippen molar-refractivity contribution in [2.45, 2.75) is 52.4 Å². The second-order valence-corrected chi connectivity index (χ2v) is 6.41. The molecule has 0 aliphatic heterocycles. The van der Waals surface area contributed by atoms with Gasteiger partial charge < -0.3 is 5.32 Å². The monoisotopic (exact) mass is 209 g/mol. The maximum absolute atomic E-state index is 3.36. The highest BCUT2D eigenvalue weighted by Crippen LogP contribution is 2.62. The van der Waals surface area contributed by atoms with Crippen LogP contribution in [0.15, 0.2) is 0 Å². The summed E-state index contributed by atoms with van der Waals surface area (Å²) in [5, 5.41) is 3.36. The van der Waals surface area contributed by atoms with E-state index < -0.39 is 0 Å². The topological polar surface area (TPSA) is 12.0 Å². The van der Waals surface area contributed by atoms with E-state index >= 15 is 0 Å². The summed E-state index contributed by atoms with van der Waals surface area (Å²) in [5.41, 5.74) is 0.792. The predicted molar refractivity (Wildman–Crippen MR) is 65.9 cm³/mol. The largest absolute Gasteiger partial charge is 0.319 e. The fourth-order valence-corrected chi connectivity index (χ4v) is 3.91. The minimum absolute atomic E-state index is 0.792. The molecule has 1 N–H and O–H groups in total. The van der Waals surface area contributed by atoms with Crippen LogP contribution in [-0.4, -0.2) is 13.6 Å². The minimum atomic E-state index is 0.792. The van der Waals surface area contributed by atoms with Gasteiger partial charge in [0, 0.05) is 0 Å². The Kier molecular flexibility index (Phi) is 3.39. The maximum Gasteiger partial charge on any atom is -0.00180 e. The van der Waals surface area contributed by atoms with Crippen LogP contribution in [0.3, 0.4) is 0 Å². The van der Waals surface area contributed by atoms with Gasteiger partial charge in [-0.25, -0.2) is 0 Å². The van der Waals surface area contributed by atoms with E-state index in [0.717, 1.165) is 23.2 Å². The van der Waals surface area contributed by atoms with Crippen molar-refractivity contribution in [3.63, 3.8) is 0 Å². The molecule has 1 heteroatoms. The molecule has 15 heavy (non-hydrogen) atoms. The van der Waals surface area contributed by atoms with Crippen molar-refractivity contribution in [3.05, 3.63) is 0 Å². The van der Waals surface area contributed by atoms with Gasteiger partial charge in [0.2, 0.25) is 0 Å². The molecule has 3 unspecified atom stereocenters. The smallest absolute Gasteiger partial charge is 0.00180 e. The van der Waals surface area contributed by atoms with E-state index in [1.807, 2.05) is 0 Å². The van der Waals surface area contributed by atoms with Gasteiger partial charge in [0.25, 0.3) is 0 Å². The summed E-state index contributed by atoms with van der Waals surface area (Å²) in [6.45, 7) is 6.01. The number of rotatable bonds is 4. The third-order valence-electron chi connectivity index (χ3n) is 4.60. The van der Waals surface area contributed by atoms with Crippen molar-refractivity contribution in [3.8, 4) is 0 Å². The first-order chi connectivity index (χ1) is 7.16. The van der Waals surface area contributed by atoms with Gasteiger partial charge in [-0.1, -0.05) is 26.7 Å². The lowest BCUT2D eigenvalue weighted by molar-refractivity contribution is 0.204. The van der Waals surface area contributed by atoms with Crippen LogP contribution in [0.5, 0.6) is 0 Å². The van der Waals surface area contributed by atoms with Crippen molar-refractivity contribution in [1.29, 1.82) is 0 Å². The van der Waals surface area contributed by atoms with E-state index in [-0.39, 0.29) is 0 Å². The summed E-state index contributed by atoms with van der Waals surface area (Å²) in [6.07, 6.45) is 9.05. The lowest BCUT2D eigenvalue weighted by atomic mass is 9.75. The highest BCUT2D eigenvalue weighted by Gasteiger charge is 2.54. The van der Waals surface area contributed by atoms with Crippen LogP contribution in [-0.2, 0) is 0 Å². The molecule has 0 aromatic rings. The maximum atomic E-state index is 3.36. The normalized spacial score (nSPS) is 40.0. The van der Waals surface area contributed by atoms with E-state index in [0.29, 0.717) is 0 Å². The van der Waals surface area contributed by atoms with Gasteiger partial charge >= 0.3 is 0 Å². The summed E-state index contributed by atoms with van der Waals surface area (Å²) < 4.78 is 0. The second-order valence-electron chi connectivity index (χ2n) is 6.41. The molecule has 2 aliphatic rings. The summed E-state index contributed by atoms with van der Waals surface area (Å²) in [4.78, 5) is 0. The predicted octanol–water partition coefficient (Wildman–Crippen LogP) is 3.45. The van der Waals surface area contributed by atoms with Crippen LogP contribution in [0, 0.1) is 23.2 Å². The van der Waals surface area contributed by atoms with Gasteiger partial charge in [-0.05, 0) is 62.4 Å². The lowest BCUT2D eigenvalue weighted by Crippen LogP contribution is -2.22. The van der Waals surface area contributed by atoms with Crippen LogP contribution in [0.4, 0.5) is 0 Å². The van der Waals surface area contributed by atoms with Crippen LogP contribution >= 0.6 is 0 Å². The van der Waals surface area contributed by atoms with Gasteiger partial charge in [0.05, 0.1) is 0 Å². The molecule has 0 aromatic carbocycles. The standard InChI is InChI=1S/C14H27N/c1-11(2)7-12-5-4-6-14(8-12)9-13(14)10-15-3/h11-13,15H,4-10H2,1-3H3. The Morgan fingerprint density at radius 2 is 2.13 bits per heavy atom. The molecule has 0 amide bonds. The van der Waals surface area contributed by atoms with Crippen LogP contribution in [0.25, 0.3) is 0 Å². The van der Waals surface area contributed by atoms with Gasteiger partial charge in [0.15, 0.2) is 0 Å². The first-order valence-electron chi connectivity index (χ1n) is 6.81. The van der Waals surface area contributed by atoms with E-state index in [2.05, 4.69) is 26.2 Å². The fourth-order valence-electron chi connectivity index (χ4n) is 3.91. The Morgan fingerprint density at radius 3 is 2.80 bits per heavy atom. The van der Waals surface area contributed by atoms with Crippen molar-refractivity contribution in [1.82, 2.24) is 5.32 Å². The van der Waals surface area contributed by atoms with E-state index in [9.17, 15) is 0 Å². The molecule has 0 radical (unpaired) electrons. The first kappa shape index (κ1) is 11.4. The van der Waals surface area contributed by atoms with Crippen molar-refractivity contribution >= 4 is 0 Å². The highest BCUT2D eigenvalue weighted by molar-refractivity contribution is 5.05. The Morgan fingerprint density at radius 1 is 1.33 bits per heavy atom. The third-order valence-corrected chi connectivity index (χ3v) is 4.60. The molecular formula is C14H27N. The molecule has 2 aliphatic carbocycles. The number of hydrogen-bond donors (Lipinski definition) is 1. The fraction of sp³-hybridized carbons (Fsp3) is 1.00. The van der Waals surface area contributed by atoms with Gasteiger partial charge in [-0.3, -0.25) is 0 Å². The third kappa shape index (κ3) is 2.55. The summed E-state index contributed by atoms with van der Waals surface area (Å²) >= 11 is 0. The molecule has 0 aromatic heterocycles. The second kappa shape index (κ2) is 4.45. The van der Waals surface area contributed by atoms with Gasteiger partial charge in [-0.15, -0.1) is 0 Å². The number of nitrogens with one attached hydrogen (secondary N) is 1. The summed E-state index contributed by atoms with van der Waals surface area (Å²) in [7, 11) is 2.10. The minimum Gasteiger partial charge on any atom is -0.319 e. The molecule has 0 saturated heterocycles. The zero-order chi connectivity index (χ0) is 10.9. The van der Waals surface area contributed by atoms with Crippen molar-refractivity contribution in [2.75, 3.05) is 13.6 Å². The van der Waals surface area contributed by atoms with Gasteiger partial charge in [-0.2, -0.15) is 0 Å². The molecular weight excluding hydrogens is 182 g/mol.